The number of benzene rings is 2. The third-order valence-electron chi connectivity index (χ3n) is 4.04. The van der Waals surface area contributed by atoms with Crippen molar-refractivity contribution < 1.29 is 14.5 Å². The third kappa shape index (κ3) is 4.35. The molecule has 25 heavy (non-hydrogen) atoms. The van der Waals surface area contributed by atoms with E-state index in [0.717, 1.165) is 11.1 Å². The molecule has 132 valence electrons. The Bertz CT molecular complexity index is 802. The molecule has 2 aromatic rings. The molecule has 0 saturated heterocycles. The van der Waals surface area contributed by atoms with Crippen molar-refractivity contribution in [3.63, 3.8) is 0 Å². The molecule has 0 saturated carbocycles. The maximum Gasteiger partial charge on any atom is 0.274 e. The summed E-state index contributed by atoms with van der Waals surface area (Å²) < 4.78 is 5.88. The Balaban J connectivity index is 2.19. The quantitative estimate of drug-likeness (QED) is 0.626. The Kier molecular flexibility index (Phi) is 5.75. The average molecular weight is 342 g/mol. The van der Waals surface area contributed by atoms with Gasteiger partial charge in [-0.25, -0.2) is 0 Å². The summed E-state index contributed by atoms with van der Waals surface area (Å²) in [7, 11) is 0. The zero-order valence-corrected chi connectivity index (χ0v) is 14.8. The molecule has 0 aromatic heterocycles. The van der Waals surface area contributed by atoms with E-state index in [4.69, 9.17) is 4.74 Å². The number of carbonyl (C=O) groups excluding carboxylic acids is 1. The van der Waals surface area contributed by atoms with Gasteiger partial charge in [0.2, 0.25) is 0 Å². The number of nitro groups is 1. The van der Waals surface area contributed by atoms with Crippen molar-refractivity contribution in [2.24, 2.45) is 0 Å². The summed E-state index contributed by atoms with van der Waals surface area (Å²) in [6.07, 6.45) is -0.202. The van der Waals surface area contributed by atoms with Gasteiger partial charge in [0.05, 0.1) is 16.2 Å². The minimum absolute atomic E-state index is 0.0266. The average Bonchev–Trinajstić information content (AvgIpc) is 2.57. The van der Waals surface area contributed by atoms with Gasteiger partial charge in [-0.15, -0.1) is 0 Å². The maximum atomic E-state index is 12.6. The molecular weight excluding hydrogens is 320 g/mol. The number of rotatable bonds is 6. The molecule has 6 heteroatoms. The summed E-state index contributed by atoms with van der Waals surface area (Å²) in [6.45, 7) is 7.35. The van der Waals surface area contributed by atoms with Crippen molar-refractivity contribution in [2.45, 2.75) is 40.2 Å². The zero-order chi connectivity index (χ0) is 18.6. The van der Waals surface area contributed by atoms with Crippen molar-refractivity contribution in [3.8, 4) is 5.75 Å². The van der Waals surface area contributed by atoms with Gasteiger partial charge in [0, 0.05) is 6.07 Å². The maximum absolute atomic E-state index is 12.6. The van der Waals surface area contributed by atoms with Crippen LogP contribution in [-0.4, -0.2) is 16.9 Å². The molecule has 0 unspecified atom stereocenters. The van der Waals surface area contributed by atoms with Crippen LogP contribution in [0.2, 0.25) is 0 Å². The Labute approximate surface area is 147 Å². The van der Waals surface area contributed by atoms with Crippen LogP contribution in [0.3, 0.4) is 0 Å². The van der Waals surface area contributed by atoms with E-state index >= 15 is 0 Å². The number of nitrogens with zero attached hydrogens (tertiary/aromatic N) is 1. The molecule has 1 amide bonds. The van der Waals surface area contributed by atoms with Crippen LogP contribution >= 0.6 is 0 Å². The second kappa shape index (κ2) is 7.79. The largest absolute Gasteiger partial charge is 0.480 e. The first-order valence-electron chi connectivity index (χ1n) is 8.12. The molecule has 0 aliphatic rings. The van der Waals surface area contributed by atoms with Crippen molar-refractivity contribution in [2.75, 3.05) is 5.32 Å². The number of hydrogen-bond acceptors (Lipinski definition) is 4. The molecule has 0 bridgehead atoms. The second-order valence-corrected chi connectivity index (χ2v) is 5.98. The predicted octanol–water partition coefficient (Wildman–Crippen LogP) is 4.32. The topological polar surface area (TPSA) is 81.5 Å². The van der Waals surface area contributed by atoms with Crippen LogP contribution in [0.4, 0.5) is 11.4 Å². The highest BCUT2D eigenvalue weighted by molar-refractivity contribution is 5.95. The number of nitro benzene ring substituents is 1. The molecule has 2 rings (SSSR count). The van der Waals surface area contributed by atoms with E-state index in [1.807, 2.05) is 39.0 Å². The van der Waals surface area contributed by atoms with Crippen LogP contribution in [0.1, 0.15) is 30.0 Å². The lowest BCUT2D eigenvalue weighted by Gasteiger charge is -2.19. The highest BCUT2D eigenvalue weighted by atomic mass is 16.6. The minimum atomic E-state index is -0.681. The van der Waals surface area contributed by atoms with E-state index in [2.05, 4.69) is 5.32 Å². The van der Waals surface area contributed by atoms with Crippen molar-refractivity contribution in [3.05, 3.63) is 63.2 Å². The van der Waals surface area contributed by atoms with Gasteiger partial charge in [0.25, 0.3) is 11.6 Å². The van der Waals surface area contributed by atoms with Gasteiger partial charge in [0.1, 0.15) is 5.75 Å². The summed E-state index contributed by atoms with van der Waals surface area (Å²) >= 11 is 0. The van der Waals surface area contributed by atoms with Gasteiger partial charge < -0.3 is 10.1 Å². The van der Waals surface area contributed by atoms with Crippen LogP contribution in [0.5, 0.6) is 5.75 Å². The number of amides is 1. The van der Waals surface area contributed by atoms with Crippen LogP contribution < -0.4 is 10.1 Å². The molecule has 0 spiro atoms. The lowest BCUT2D eigenvalue weighted by molar-refractivity contribution is -0.385. The molecule has 0 fully saturated rings. The monoisotopic (exact) mass is 342 g/mol. The number of carbonyl (C=O) groups is 1. The molecule has 6 nitrogen and oxygen atoms in total. The molecule has 2 aromatic carbocycles. The van der Waals surface area contributed by atoms with Gasteiger partial charge >= 0.3 is 0 Å². The molecule has 0 aliphatic heterocycles. The number of anilines is 1. The summed E-state index contributed by atoms with van der Waals surface area (Å²) in [5.74, 6) is 0.338. The third-order valence-corrected chi connectivity index (χ3v) is 4.04. The fourth-order valence-corrected chi connectivity index (χ4v) is 2.48. The highest BCUT2D eigenvalue weighted by Gasteiger charge is 2.22. The van der Waals surface area contributed by atoms with Crippen molar-refractivity contribution >= 4 is 17.3 Å². The summed E-state index contributed by atoms with van der Waals surface area (Å²) in [4.78, 5) is 23.1. The van der Waals surface area contributed by atoms with E-state index in [1.165, 1.54) is 6.07 Å². The Morgan fingerprint density at radius 3 is 2.60 bits per heavy atom. The lowest BCUT2D eigenvalue weighted by Crippen LogP contribution is -2.32. The molecule has 1 atom stereocenters. The summed E-state index contributed by atoms with van der Waals surface area (Å²) in [5, 5.41) is 13.8. The van der Waals surface area contributed by atoms with Crippen molar-refractivity contribution in [1.82, 2.24) is 0 Å². The smallest absolute Gasteiger partial charge is 0.274 e. The number of aryl methyl sites for hydroxylation is 2. The molecular formula is C19H22N2O4. The van der Waals surface area contributed by atoms with E-state index < -0.39 is 11.0 Å². The van der Waals surface area contributed by atoms with E-state index in [-0.39, 0.29) is 11.6 Å². The van der Waals surface area contributed by atoms with Crippen LogP contribution in [-0.2, 0) is 4.79 Å². The first-order chi connectivity index (χ1) is 11.8. The van der Waals surface area contributed by atoms with Crippen LogP contribution in [0.15, 0.2) is 36.4 Å². The first-order valence-corrected chi connectivity index (χ1v) is 8.12. The molecule has 0 heterocycles. The normalized spacial score (nSPS) is 11.7. The number of hydrogen-bond donors (Lipinski definition) is 1. The predicted molar refractivity (Wildman–Crippen MR) is 97.1 cm³/mol. The van der Waals surface area contributed by atoms with Gasteiger partial charge in [-0.05, 0) is 50.5 Å². The highest BCUT2D eigenvalue weighted by Crippen LogP contribution is 2.26. The SMILES string of the molecule is CC[C@@H](Oc1cc(C)ccc1C)C(=O)Nc1cccc([N+](=O)[O-])c1C. The first kappa shape index (κ1) is 18.4. The summed E-state index contributed by atoms with van der Waals surface area (Å²) in [5.41, 5.74) is 2.81. The van der Waals surface area contributed by atoms with Gasteiger partial charge in [0.15, 0.2) is 6.10 Å². The van der Waals surface area contributed by atoms with Crippen LogP contribution in [0.25, 0.3) is 0 Å². The van der Waals surface area contributed by atoms with Gasteiger partial charge in [-0.1, -0.05) is 25.1 Å². The molecule has 0 radical (unpaired) electrons. The Morgan fingerprint density at radius 2 is 1.96 bits per heavy atom. The van der Waals surface area contributed by atoms with Gasteiger partial charge in [-0.2, -0.15) is 0 Å². The number of nitrogens with one attached hydrogen (secondary N) is 1. The standard InChI is InChI=1S/C19H22N2O4/c1-5-17(25-18-11-12(2)9-10-13(18)3)19(22)20-15-7-6-8-16(14(15)4)21(23)24/h6-11,17H,5H2,1-4H3,(H,20,22)/t17-/m1/s1. The minimum Gasteiger partial charge on any atom is -0.480 e. The van der Waals surface area contributed by atoms with E-state index in [9.17, 15) is 14.9 Å². The number of ether oxygens (including phenoxy) is 1. The Morgan fingerprint density at radius 1 is 1.24 bits per heavy atom. The lowest BCUT2D eigenvalue weighted by atomic mass is 10.1. The molecule has 0 aliphatic carbocycles. The fourth-order valence-electron chi connectivity index (χ4n) is 2.48. The van der Waals surface area contributed by atoms with Crippen LogP contribution in [0, 0.1) is 30.9 Å². The Hall–Kier alpha value is -2.89. The van der Waals surface area contributed by atoms with E-state index in [1.54, 1.807) is 19.1 Å². The molecule has 1 N–H and O–H groups in total. The zero-order valence-electron chi connectivity index (χ0n) is 14.8. The fraction of sp³-hybridized carbons (Fsp3) is 0.316. The second-order valence-electron chi connectivity index (χ2n) is 5.98. The summed E-state index contributed by atoms with van der Waals surface area (Å²) in [6, 6.07) is 10.4. The van der Waals surface area contributed by atoms with Crippen molar-refractivity contribution in [1.29, 1.82) is 0 Å². The van der Waals surface area contributed by atoms with Gasteiger partial charge in [-0.3, -0.25) is 14.9 Å². The van der Waals surface area contributed by atoms with E-state index in [0.29, 0.717) is 23.4 Å².